The van der Waals surface area contributed by atoms with Gasteiger partial charge < -0.3 is 5.32 Å². The van der Waals surface area contributed by atoms with E-state index in [2.05, 4.69) is 5.32 Å². The highest BCUT2D eigenvalue weighted by atomic mass is 32.2. The lowest BCUT2D eigenvalue weighted by molar-refractivity contribution is -0.141. The van der Waals surface area contributed by atoms with E-state index < -0.39 is 50.9 Å². The number of amides is 5. The molecule has 1 aromatic rings. The first kappa shape index (κ1) is 19.2. The number of carbonyl (C=O) groups is 4. The quantitative estimate of drug-likeness (QED) is 0.523. The second-order valence-electron chi connectivity index (χ2n) is 4.86. The first-order valence-corrected chi connectivity index (χ1v) is 8.05. The number of halogens is 3. The van der Waals surface area contributed by atoms with Crippen LogP contribution in [0.4, 0.5) is 29.3 Å². The van der Waals surface area contributed by atoms with Crippen molar-refractivity contribution in [2.24, 2.45) is 5.92 Å². The molecule has 26 heavy (non-hydrogen) atoms. The molecule has 1 aromatic carbocycles. The molecule has 0 aromatic heterocycles. The zero-order chi connectivity index (χ0) is 19.7. The summed E-state index contributed by atoms with van der Waals surface area (Å²) in [5.74, 6) is -5.25. The third-order valence-electron chi connectivity index (χ3n) is 2.97. The Balaban J connectivity index is 2.08. The van der Waals surface area contributed by atoms with E-state index in [1.807, 2.05) is 0 Å². The molecular weight excluding hydrogens is 385 g/mol. The number of sulfonamides is 1. The van der Waals surface area contributed by atoms with Crippen LogP contribution in [-0.2, 0) is 24.4 Å². The van der Waals surface area contributed by atoms with Gasteiger partial charge in [0.05, 0.1) is 0 Å². The van der Waals surface area contributed by atoms with Gasteiger partial charge in [0.1, 0.15) is 0 Å². The van der Waals surface area contributed by atoms with Crippen LogP contribution < -0.4 is 20.7 Å². The number of anilines is 2. The van der Waals surface area contributed by atoms with E-state index in [0.717, 1.165) is 24.3 Å². The number of alkyl halides is 3. The monoisotopic (exact) mass is 394 g/mol. The second-order valence-corrected chi connectivity index (χ2v) is 6.53. The molecule has 0 saturated carbocycles. The van der Waals surface area contributed by atoms with Gasteiger partial charge in [-0.2, -0.15) is 21.6 Å². The van der Waals surface area contributed by atoms with Gasteiger partial charge in [0.15, 0.2) is 5.92 Å². The van der Waals surface area contributed by atoms with Crippen molar-refractivity contribution in [1.82, 2.24) is 10.6 Å². The van der Waals surface area contributed by atoms with Crippen LogP contribution in [0.5, 0.6) is 0 Å². The third kappa shape index (κ3) is 4.08. The van der Waals surface area contributed by atoms with Crippen molar-refractivity contribution in [1.29, 1.82) is 0 Å². The zero-order valence-corrected chi connectivity index (χ0v) is 13.2. The summed E-state index contributed by atoms with van der Waals surface area (Å²) in [6.07, 6.45) is 0. The number of benzene rings is 1. The summed E-state index contributed by atoms with van der Waals surface area (Å²) < 4.78 is 60.0. The van der Waals surface area contributed by atoms with E-state index in [4.69, 9.17) is 0 Å². The van der Waals surface area contributed by atoms with E-state index >= 15 is 0 Å². The molecule has 2 rings (SSSR count). The Morgan fingerprint density at radius 1 is 0.962 bits per heavy atom. The van der Waals surface area contributed by atoms with Crippen LogP contribution in [0.3, 0.4) is 0 Å². The highest BCUT2D eigenvalue weighted by Gasteiger charge is 2.46. The lowest BCUT2D eigenvalue weighted by Crippen LogP contribution is -2.58. The van der Waals surface area contributed by atoms with E-state index in [1.165, 1.54) is 4.72 Å². The Hall–Kier alpha value is -3.16. The van der Waals surface area contributed by atoms with Gasteiger partial charge in [0.25, 0.3) is 0 Å². The van der Waals surface area contributed by atoms with Crippen LogP contribution in [0, 0.1) is 5.92 Å². The average Bonchev–Trinajstić information content (AvgIpc) is 2.46. The minimum absolute atomic E-state index is 0.0394. The summed E-state index contributed by atoms with van der Waals surface area (Å²) in [5.41, 5.74) is -5.97. The predicted molar refractivity (Wildman–Crippen MR) is 78.8 cm³/mol. The smallest absolute Gasteiger partial charge is 0.325 e. The van der Waals surface area contributed by atoms with Crippen molar-refractivity contribution in [3.8, 4) is 0 Å². The number of urea groups is 1. The number of carbonyl (C=O) groups excluding carboxylic acids is 4. The van der Waals surface area contributed by atoms with Gasteiger partial charge in [0.2, 0.25) is 17.7 Å². The largest absolute Gasteiger partial charge is 0.516 e. The first-order chi connectivity index (χ1) is 11.9. The van der Waals surface area contributed by atoms with Gasteiger partial charge in [-0.05, 0) is 24.3 Å². The summed E-state index contributed by atoms with van der Waals surface area (Å²) in [4.78, 5) is 45.9. The molecule has 0 bridgehead atoms. The number of imide groups is 2. The molecule has 140 valence electrons. The van der Waals surface area contributed by atoms with Crippen molar-refractivity contribution < 1.29 is 40.8 Å². The molecular formula is C12H9F3N4O6S. The minimum atomic E-state index is -5.60. The summed E-state index contributed by atoms with van der Waals surface area (Å²) in [5, 5.41) is 5.58. The lowest BCUT2D eigenvalue weighted by atomic mass is 10.1. The van der Waals surface area contributed by atoms with E-state index in [0.29, 0.717) is 0 Å². The standard InChI is InChI=1S/C12H9F3N4O6S/c13-12(14,15)26(24,25)19-6-3-1-5(2-4-6)16-8(20)7-9(21)17-11(23)18-10(7)22/h1-4,7,19H,(H,16,20)(H2,17,18,21,22,23). The number of rotatable bonds is 4. The fourth-order valence-corrected chi connectivity index (χ4v) is 2.37. The van der Waals surface area contributed by atoms with Crippen molar-refractivity contribution in [2.75, 3.05) is 10.0 Å². The fourth-order valence-electron chi connectivity index (χ4n) is 1.81. The number of nitrogens with one attached hydrogen (secondary N) is 4. The van der Waals surface area contributed by atoms with Crippen LogP contribution >= 0.6 is 0 Å². The topological polar surface area (TPSA) is 151 Å². The van der Waals surface area contributed by atoms with Crippen molar-refractivity contribution in [2.45, 2.75) is 5.51 Å². The molecule has 1 fully saturated rings. The molecule has 4 N–H and O–H groups in total. The summed E-state index contributed by atoms with van der Waals surface area (Å²) in [7, 11) is -5.60. The van der Waals surface area contributed by atoms with E-state index in [1.54, 1.807) is 10.6 Å². The summed E-state index contributed by atoms with van der Waals surface area (Å²) in [6.45, 7) is 0. The van der Waals surface area contributed by atoms with Gasteiger partial charge in [-0.3, -0.25) is 29.7 Å². The summed E-state index contributed by atoms with van der Waals surface area (Å²) >= 11 is 0. The number of hydrogen-bond acceptors (Lipinski definition) is 6. The van der Waals surface area contributed by atoms with Crippen molar-refractivity contribution >= 4 is 45.2 Å². The Kier molecular flexibility index (Phi) is 4.88. The molecule has 0 unspecified atom stereocenters. The van der Waals surface area contributed by atoms with Crippen molar-refractivity contribution in [3.63, 3.8) is 0 Å². The molecule has 0 spiro atoms. The highest BCUT2D eigenvalue weighted by Crippen LogP contribution is 2.26. The molecule has 14 heteroatoms. The van der Waals surface area contributed by atoms with E-state index in [9.17, 15) is 40.8 Å². The number of hydrogen-bond donors (Lipinski definition) is 4. The molecule has 0 atom stereocenters. The summed E-state index contributed by atoms with van der Waals surface area (Å²) in [6, 6.07) is 2.84. The maximum absolute atomic E-state index is 12.3. The van der Waals surface area contributed by atoms with Crippen LogP contribution in [0.15, 0.2) is 24.3 Å². The highest BCUT2D eigenvalue weighted by molar-refractivity contribution is 7.93. The molecule has 1 heterocycles. The van der Waals surface area contributed by atoms with Gasteiger partial charge >= 0.3 is 21.6 Å². The Morgan fingerprint density at radius 2 is 1.42 bits per heavy atom. The van der Waals surface area contributed by atoms with Crippen LogP contribution in [0.1, 0.15) is 0 Å². The van der Waals surface area contributed by atoms with Gasteiger partial charge in [-0.25, -0.2) is 4.79 Å². The molecule has 1 aliphatic heterocycles. The molecule has 0 radical (unpaired) electrons. The molecule has 0 aliphatic carbocycles. The van der Waals surface area contributed by atoms with Gasteiger partial charge in [-0.1, -0.05) is 0 Å². The third-order valence-corrected chi connectivity index (χ3v) is 4.08. The zero-order valence-electron chi connectivity index (χ0n) is 12.4. The molecule has 1 saturated heterocycles. The second kappa shape index (κ2) is 6.62. The number of barbiturate groups is 1. The fraction of sp³-hybridized carbons (Fsp3) is 0.167. The van der Waals surface area contributed by atoms with Crippen LogP contribution in [-0.4, -0.2) is 37.7 Å². The van der Waals surface area contributed by atoms with Crippen LogP contribution in [0.2, 0.25) is 0 Å². The SMILES string of the molecule is O=C1NC(=O)C(C(=O)Nc2ccc(NS(=O)(=O)C(F)(F)F)cc2)C(=O)N1. The Morgan fingerprint density at radius 3 is 1.88 bits per heavy atom. The average molecular weight is 394 g/mol. The minimum Gasteiger partial charge on any atom is -0.325 e. The Bertz CT molecular complexity index is 861. The maximum Gasteiger partial charge on any atom is 0.516 e. The van der Waals surface area contributed by atoms with Crippen LogP contribution in [0.25, 0.3) is 0 Å². The molecule has 10 nitrogen and oxygen atoms in total. The lowest BCUT2D eigenvalue weighted by Gasteiger charge is -2.20. The maximum atomic E-state index is 12.3. The normalized spacial score (nSPS) is 15.9. The van der Waals surface area contributed by atoms with E-state index in [-0.39, 0.29) is 5.69 Å². The molecule has 5 amide bonds. The Labute approximate surface area is 143 Å². The predicted octanol–water partition coefficient (Wildman–Crippen LogP) is -0.131. The van der Waals surface area contributed by atoms with Gasteiger partial charge in [-0.15, -0.1) is 0 Å². The van der Waals surface area contributed by atoms with Gasteiger partial charge in [0, 0.05) is 11.4 Å². The van der Waals surface area contributed by atoms with Crippen molar-refractivity contribution in [3.05, 3.63) is 24.3 Å². The first-order valence-electron chi connectivity index (χ1n) is 6.56. The molecule has 1 aliphatic rings.